The predicted octanol–water partition coefficient (Wildman–Crippen LogP) is 0.445. The maximum atomic E-state index is 12.0. The van der Waals surface area contributed by atoms with Crippen LogP contribution in [0.5, 0.6) is 0 Å². The zero-order valence-corrected chi connectivity index (χ0v) is 10.7. The van der Waals surface area contributed by atoms with Crippen LogP contribution in [0.2, 0.25) is 0 Å². The standard InChI is InChI=1S/C12H22N2O3/c1-3-17-10(15)5-8-14-11(16)12(2)6-4-7-13-9-12/h13H,3-9H2,1-2H3,(H,14,16). The summed E-state index contributed by atoms with van der Waals surface area (Å²) in [6.45, 7) is 6.15. The molecule has 0 bridgehead atoms. The molecule has 0 aromatic carbocycles. The normalized spacial score (nSPS) is 24.1. The Labute approximate surface area is 102 Å². The highest BCUT2D eigenvalue weighted by atomic mass is 16.5. The third-order valence-corrected chi connectivity index (χ3v) is 3.07. The molecule has 1 aliphatic heterocycles. The Bertz CT molecular complexity index is 273. The van der Waals surface area contributed by atoms with Crippen molar-refractivity contribution in [2.24, 2.45) is 5.41 Å². The molecule has 1 unspecified atom stereocenters. The number of hydrogen-bond acceptors (Lipinski definition) is 4. The summed E-state index contributed by atoms with van der Waals surface area (Å²) in [5, 5.41) is 6.03. The van der Waals surface area contributed by atoms with E-state index in [1.165, 1.54) is 0 Å². The number of rotatable bonds is 5. The quantitative estimate of drug-likeness (QED) is 0.687. The number of carbonyl (C=O) groups excluding carboxylic acids is 2. The molecular formula is C12H22N2O3. The van der Waals surface area contributed by atoms with Gasteiger partial charge in [0, 0.05) is 13.1 Å². The molecule has 0 saturated carbocycles. The number of hydrogen-bond donors (Lipinski definition) is 2. The van der Waals surface area contributed by atoms with Gasteiger partial charge in [-0.15, -0.1) is 0 Å². The van der Waals surface area contributed by atoms with E-state index in [4.69, 9.17) is 4.74 Å². The van der Waals surface area contributed by atoms with Crippen LogP contribution in [0.3, 0.4) is 0 Å². The highest BCUT2D eigenvalue weighted by Crippen LogP contribution is 2.25. The largest absolute Gasteiger partial charge is 0.466 e. The van der Waals surface area contributed by atoms with E-state index < -0.39 is 0 Å². The highest BCUT2D eigenvalue weighted by molar-refractivity contribution is 5.83. The topological polar surface area (TPSA) is 67.4 Å². The van der Waals surface area contributed by atoms with E-state index in [9.17, 15) is 9.59 Å². The lowest BCUT2D eigenvalue weighted by molar-refractivity contribution is -0.143. The molecule has 1 atom stereocenters. The fourth-order valence-corrected chi connectivity index (χ4v) is 1.97. The number of ether oxygens (including phenoxy) is 1. The van der Waals surface area contributed by atoms with Gasteiger partial charge in [-0.05, 0) is 33.2 Å². The van der Waals surface area contributed by atoms with Crippen molar-refractivity contribution < 1.29 is 14.3 Å². The molecule has 0 aliphatic carbocycles. The van der Waals surface area contributed by atoms with Gasteiger partial charge in [-0.1, -0.05) is 0 Å². The Morgan fingerprint density at radius 3 is 2.82 bits per heavy atom. The summed E-state index contributed by atoms with van der Waals surface area (Å²) in [6.07, 6.45) is 2.15. The molecule has 0 radical (unpaired) electrons. The number of carbonyl (C=O) groups is 2. The molecule has 2 N–H and O–H groups in total. The lowest BCUT2D eigenvalue weighted by Gasteiger charge is -2.32. The van der Waals surface area contributed by atoms with Crippen LogP contribution in [-0.2, 0) is 14.3 Å². The van der Waals surface area contributed by atoms with Crippen molar-refractivity contribution in [3.8, 4) is 0 Å². The summed E-state index contributed by atoms with van der Waals surface area (Å²) in [4.78, 5) is 23.1. The first-order chi connectivity index (χ1) is 8.08. The maximum absolute atomic E-state index is 12.0. The Morgan fingerprint density at radius 1 is 1.47 bits per heavy atom. The van der Waals surface area contributed by atoms with Crippen LogP contribution in [0.25, 0.3) is 0 Å². The third-order valence-electron chi connectivity index (χ3n) is 3.07. The molecule has 1 saturated heterocycles. The molecule has 1 heterocycles. The Balaban J connectivity index is 2.26. The second-order valence-electron chi connectivity index (χ2n) is 4.65. The summed E-state index contributed by atoms with van der Waals surface area (Å²) in [7, 11) is 0. The molecule has 17 heavy (non-hydrogen) atoms. The first-order valence-electron chi connectivity index (χ1n) is 6.23. The van der Waals surface area contributed by atoms with Crippen LogP contribution < -0.4 is 10.6 Å². The van der Waals surface area contributed by atoms with Crippen LogP contribution in [0.15, 0.2) is 0 Å². The van der Waals surface area contributed by atoms with Gasteiger partial charge in [0.15, 0.2) is 0 Å². The summed E-state index contributed by atoms with van der Waals surface area (Å²) >= 11 is 0. The van der Waals surface area contributed by atoms with Crippen LogP contribution in [-0.4, -0.2) is 38.1 Å². The molecule has 1 rings (SSSR count). The Morgan fingerprint density at radius 2 is 2.24 bits per heavy atom. The van der Waals surface area contributed by atoms with Gasteiger partial charge in [-0.25, -0.2) is 0 Å². The van der Waals surface area contributed by atoms with Crippen molar-refractivity contribution >= 4 is 11.9 Å². The van der Waals surface area contributed by atoms with Crippen molar-refractivity contribution in [2.45, 2.75) is 33.1 Å². The van der Waals surface area contributed by atoms with E-state index >= 15 is 0 Å². The molecular weight excluding hydrogens is 220 g/mol. The van der Waals surface area contributed by atoms with Gasteiger partial charge in [0.05, 0.1) is 18.4 Å². The first kappa shape index (κ1) is 14.0. The first-order valence-corrected chi connectivity index (χ1v) is 6.23. The van der Waals surface area contributed by atoms with Crippen molar-refractivity contribution in [3.63, 3.8) is 0 Å². The number of nitrogens with one attached hydrogen (secondary N) is 2. The van der Waals surface area contributed by atoms with Crippen molar-refractivity contribution in [2.75, 3.05) is 26.2 Å². The minimum Gasteiger partial charge on any atom is -0.466 e. The van der Waals surface area contributed by atoms with E-state index in [-0.39, 0.29) is 23.7 Å². The smallest absolute Gasteiger partial charge is 0.307 e. The van der Waals surface area contributed by atoms with Crippen molar-refractivity contribution in [1.29, 1.82) is 0 Å². The zero-order chi connectivity index (χ0) is 12.7. The SMILES string of the molecule is CCOC(=O)CCNC(=O)C1(C)CCCNC1. The lowest BCUT2D eigenvalue weighted by Crippen LogP contribution is -2.49. The molecule has 5 nitrogen and oxygen atoms in total. The van der Waals surface area contributed by atoms with Gasteiger partial charge in [0.1, 0.15) is 0 Å². The Hall–Kier alpha value is -1.10. The predicted molar refractivity (Wildman–Crippen MR) is 64.5 cm³/mol. The fraction of sp³-hybridized carbons (Fsp3) is 0.833. The van der Waals surface area contributed by atoms with Gasteiger partial charge in [0.25, 0.3) is 0 Å². The third kappa shape index (κ3) is 4.34. The number of amides is 1. The second kappa shape index (κ2) is 6.59. The zero-order valence-electron chi connectivity index (χ0n) is 10.7. The minimum atomic E-state index is -0.340. The van der Waals surface area contributed by atoms with Gasteiger partial charge in [-0.3, -0.25) is 9.59 Å². The summed E-state index contributed by atoms with van der Waals surface area (Å²) in [5.41, 5.74) is -0.340. The van der Waals surface area contributed by atoms with Gasteiger partial charge >= 0.3 is 5.97 Å². The molecule has 5 heteroatoms. The van der Waals surface area contributed by atoms with Crippen LogP contribution in [0.1, 0.15) is 33.1 Å². The van der Waals surface area contributed by atoms with E-state index in [1.54, 1.807) is 6.92 Å². The molecule has 1 fully saturated rings. The molecule has 98 valence electrons. The highest BCUT2D eigenvalue weighted by Gasteiger charge is 2.34. The number of esters is 1. The van der Waals surface area contributed by atoms with E-state index in [2.05, 4.69) is 10.6 Å². The van der Waals surface area contributed by atoms with E-state index in [0.29, 0.717) is 19.7 Å². The Kier molecular flexibility index (Phi) is 5.41. The lowest BCUT2D eigenvalue weighted by atomic mass is 9.82. The summed E-state index contributed by atoms with van der Waals surface area (Å²) in [6, 6.07) is 0. The average molecular weight is 242 g/mol. The monoisotopic (exact) mass is 242 g/mol. The molecule has 1 aliphatic rings. The van der Waals surface area contributed by atoms with Crippen LogP contribution in [0, 0.1) is 5.41 Å². The van der Waals surface area contributed by atoms with Crippen LogP contribution in [0.4, 0.5) is 0 Å². The summed E-state index contributed by atoms with van der Waals surface area (Å²) in [5.74, 6) is -0.242. The summed E-state index contributed by atoms with van der Waals surface area (Å²) < 4.78 is 4.79. The average Bonchev–Trinajstić information content (AvgIpc) is 2.30. The van der Waals surface area contributed by atoms with Gasteiger partial charge < -0.3 is 15.4 Å². The van der Waals surface area contributed by atoms with Crippen molar-refractivity contribution in [1.82, 2.24) is 10.6 Å². The van der Waals surface area contributed by atoms with Crippen LogP contribution >= 0.6 is 0 Å². The molecule has 0 aromatic heterocycles. The minimum absolute atomic E-state index is 0.0222. The second-order valence-corrected chi connectivity index (χ2v) is 4.65. The number of piperidine rings is 1. The molecule has 1 amide bonds. The van der Waals surface area contributed by atoms with Crippen molar-refractivity contribution in [3.05, 3.63) is 0 Å². The fourth-order valence-electron chi connectivity index (χ4n) is 1.97. The van der Waals surface area contributed by atoms with E-state index in [0.717, 1.165) is 19.4 Å². The molecule has 0 spiro atoms. The van der Waals surface area contributed by atoms with Gasteiger partial charge in [-0.2, -0.15) is 0 Å². The molecule has 0 aromatic rings. The maximum Gasteiger partial charge on any atom is 0.307 e. The van der Waals surface area contributed by atoms with E-state index in [1.807, 2.05) is 6.92 Å². The van der Waals surface area contributed by atoms with Gasteiger partial charge in [0.2, 0.25) is 5.91 Å².